The molecule has 0 unspecified atom stereocenters. The first-order chi connectivity index (χ1) is 9.82. The fourth-order valence-electron chi connectivity index (χ4n) is 2.16. The Kier molecular flexibility index (Phi) is 3.99. The van der Waals surface area contributed by atoms with E-state index in [-0.39, 0.29) is 6.04 Å². The molecule has 3 nitrogen and oxygen atoms in total. The van der Waals surface area contributed by atoms with Crippen LogP contribution in [0, 0.1) is 0 Å². The lowest BCUT2D eigenvalue weighted by Gasteiger charge is -2.15. The summed E-state index contributed by atoms with van der Waals surface area (Å²) in [6.07, 6.45) is -5.19. The molecule has 0 aliphatic heterocycles. The van der Waals surface area contributed by atoms with E-state index in [1.807, 2.05) is 36.4 Å². The Labute approximate surface area is 118 Å². The molecule has 3 rings (SSSR count). The number of hydrogen-bond acceptors (Lipinski definition) is 2. The van der Waals surface area contributed by atoms with Crippen LogP contribution in [0.1, 0.15) is 17.2 Å². The molecule has 0 bridgehead atoms. The monoisotopic (exact) mass is 293 g/mol. The zero-order valence-corrected chi connectivity index (χ0v) is 10.6. The van der Waals surface area contributed by atoms with Crippen molar-refractivity contribution in [1.82, 2.24) is 0 Å². The second-order valence-electron chi connectivity index (χ2n) is 4.39. The van der Waals surface area contributed by atoms with E-state index in [0.717, 1.165) is 11.1 Å². The molecule has 0 spiro atoms. The summed E-state index contributed by atoms with van der Waals surface area (Å²) in [5.41, 5.74) is 12.8. The van der Waals surface area contributed by atoms with E-state index >= 15 is 0 Å². The third kappa shape index (κ3) is 3.05. The quantitative estimate of drug-likeness (QED) is 0.749. The molecule has 0 aromatic heterocycles. The highest BCUT2D eigenvalue weighted by Gasteiger charge is 2.28. The number of carbonyl (C=O) groups is 1. The van der Waals surface area contributed by atoms with Crippen LogP contribution in [0.15, 0.2) is 48.5 Å². The average molecular weight is 293 g/mol. The number of carboxylic acid groups (broad SMARTS) is 1. The van der Waals surface area contributed by atoms with E-state index in [1.165, 1.54) is 11.1 Å². The summed E-state index contributed by atoms with van der Waals surface area (Å²) in [6, 6.07) is 16.2. The third-order valence-corrected chi connectivity index (χ3v) is 3.07. The summed E-state index contributed by atoms with van der Waals surface area (Å²) >= 11 is 0. The van der Waals surface area contributed by atoms with Crippen molar-refractivity contribution in [2.75, 3.05) is 0 Å². The zero-order valence-electron chi connectivity index (χ0n) is 10.6. The first kappa shape index (κ1) is 15.1. The molecule has 2 aromatic rings. The highest BCUT2D eigenvalue weighted by molar-refractivity contribution is 5.79. The minimum atomic E-state index is -5.19. The zero-order chi connectivity index (χ0) is 15.6. The largest absolute Gasteiger partial charge is 0.667 e. The molecule has 110 valence electrons. The van der Waals surface area contributed by atoms with Gasteiger partial charge in [0, 0.05) is 0 Å². The van der Waals surface area contributed by atoms with Crippen LogP contribution in [0.2, 0.25) is 0 Å². The number of alkyl halides is 3. The molecule has 0 amide bonds. The fraction of sp³-hybridized carbons (Fsp3) is 0.133. The van der Waals surface area contributed by atoms with Crippen LogP contribution in [0.25, 0.3) is 16.9 Å². The van der Waals surface area contributed by atoms with E-state index in [9.17, 15) is 13.2 Å². The number of carboxylic acids is 1. The molecular weight excluding hydrogens is 283 g/mol. The van der Waals surface area contributed by atoms with E-state index in [4.69, 9.17) is 15.6 Å². The van der Waals surface area contributed by atoms with Crippen LogP contribution < -0.4 is 5.11 Å². The van der Waals surface area contributed by atoms with Gasteiger partial charge < -0.3 is 15.6 Å². The van der Waals surface area contributed by atoms with Gasteiger partial charge in [-0.15, -0.1) is 0 Å². The number of rotatable bonds is 0. The molecular formula is C15H10F3NO2-2. The Hall–Kier alpha value is -2.34. The molecule has 6 heteroatoms. The molecule has 0 radical (unpaired) electrons. The Morgan fingerprint density at radius 2 is 1.29 bits per heavy atom. The Balaban J connectivity index is 0.000000199. The molecule has 0 heterocycles. The van der Waals surface area contributed by atoms with Gasteiger partial charge in [0.25, 0.3) is 0 Å². The molecule has 0 saturated heterocycles. The van der Waals surface area contributed by atoms with Crippen LogP contribution >= 0.6 is 0 Å². The molecule has 1 aliphatic rings. The van der Waals surface area contributed by atoms with E-state index in [1.54, 1.807) is 0 Å². The molecule has 1 aliphatic carbocycles. The normalized spacial score (nSPS) is 13.0. The highest BCUT2D eigenvalue weighted by atomic mass is 19.4. The number of benzene rings is 2. The molecule has 21 heavy (non-hydrogen) atoms. The third-order valence-electron chi connectivity index (χ3n) is 3.07. The minimum absolute atomic E-state index is 0.192. The lowest BCUT2D eigenvalue weighted by atomic mass is 10.1. The summed E-state index contributed by atoms with van der Waals surface area (Å²) < 4.78 is 31.5. The van der Waals surface area contributed by atoms with Crippen LogP contribution in [0.5, 0.6) is 0 Å². The van der Waals surface area contributed by atoms with Crippen molar-refractivity contribution < 1.29 is 23.1 Å². The van der Waals surface area contributed by atoms with E-state index < -0.39 is 12.1 Å². The second kappa shape index (κ2) is 5.57. The van der Waals surface area contributed by atoms with Crippen molar-refractivity contribution in [2.24, 2.45) is 0 Å². The number of fused-ring (bicyclic) bond motifs is 3. The topological polar surface area (TPSA) is 63.9 Å². The van der Waals surface area contributed by atoms with Gasteiger partial charge in [-0.3, -0.25) is 0 Å². The van der Waals surface area contributed by atoms with Gasteiger partial charge >= 0.3 is 6.18 Å². The minimum Gasteiger partial charge on any atom is -0.667 e. The summed E-state index contributed by atoms with van der Waals surface area (Å²) in [7, 11) is 0. The van der Waals surface area contributed by atoms with Gasteiger partial charge in [0.15, 0.2) is 0 Å². The summed E-state index contributed by atoms with van der Waals surface area (Å²) in [4.78, 5) is 8.78. The van der Waals surface area contributed by atoms with Gasteiger partial charge in [-0.2, -0.15) is 13.2 Å². The van der Waals surface area contributed by atoms with Crippen molar-refractivity contribution in [1.29, 1.82) is 0 Å². The van der Waals surface area contributed by atoms with Crippen molar-refractivity contribution in [2.45, 2.75) is 12.2 Å². The Morgan fingerprint density at radius 3 is 1.62 bits per heavy atom. The predicted octanol–water partition coefficient (Wildman–Crippen LogP) is 3.11. The molecule has 2 aromatic carbocycles. The SMILES string of the molecule is O=C([O-])C(F)(F)F.[NH-]C1c2ccccc2-c2ccccc21. The Morgan fingerprint density at radius 1 is 0.952 bits per heavy atom. The van der Waals surface area contributed by atoms with Crippen molar-refractivity contribution in [3.8, 4) is 11.1 Å². The molecule has 1 N–H and O–H groups in total. The van der Waals surface area contributed by atoms with E-state index in [0.29, 0.717) is 0 Å². The van der Waals surface area contributed by atoms with Gasteiger partial charge in [0.2, 0.25) is 0 Å². The number of aliphatic carboxylic acids is 1. The summed E-state index contributed by atoms with van der Waals surface area (Å²) in [6.45, 7) is 0. The van der Waals surface area contributed by atoms with Crippen LogP contribution in [-0.4, -0.2) is 12.1 Å². The van der Waals surface area contributed by atoms with E-state index in [2.05, 4.69) is 12.1 Å². The van der Waals surface area contributed by atoms with Gasteiger partial charge in [-0.25, -0.2) is 0 Å². The maximum absolute atomic E-state index is 10.5. The molecule has 0 atom stereocenters. The number of hydrogen-bond donors (Lipinski definition) is 0. The molecule has 0 saturated carbocycles. The predicted molar refractivity (Wildman–Crippen MR) is 69.1 cm³/mol. The number of carbonyl (C=O) groups excluding carboxylic acids is 1. The van der Waals surface area contributed by atoms with Gasteiger partial charge in [0.1, 0.15) is 5.97 Å². The van der Waals surface area contributed by atoms with Gasteiger partial charge in [-0.05, 0) is 11.1 Å². The lowest BCUT2D eigenvalue weighted by Crippen LogP contribution is -2.37. The first-order valence-electron chi connectivity index (χ1n) is 6.00. The van der Waals surface area contributed by atoms with Gasteiger partial charge in [-0.1, -0.05) is 65.7 Å². The summed E-state index contributed by atoms with van der Waals surface area (Å²) in [5, 5.41) is 8.78. The standard InChI is InChI=1S/C13H10N.C2HF3O2/c14-13-11-7-3-1-5-9(11)10-6-2-4-8-12(10)13;3-2(4,5)1(6)7/h1-8,13-14H;(H,6,7)/q-1;/p-1. The summed E-state index contributed by atoms with van der Waals surface area (Å²) in [5.74, 6) is -3.01. The average Bonchev–Trinajstić information content (AvgIpc) is 2.73. The maximum Gasteiger partial charge on any atom is 0.430 e. The first-order valence-corrected chi connectivity index (χ1v) is 6.00. The highest BCUT2D eigenvalue weighted by Crippen LogP contribution is 2.44. The maximum atomic E-state index is 10.5. The number of nitrogens with one attached hydrogen (secondary N) is 1. The smallest absolute Gasteiger partial charge is 0.430 e. The Bertz CT molecular complexity index is 622. The molecule has 0 fully saturated rings. The van der Waals surface area contributed by atoms with Gasteiger partial charge in [0.05, 0.1) is 0 Å². The van der Waals surface area contributed by atoms with Crippen LogP contribution in [0.3, 0.4) is 0 Å². The fourth-order valence-corrected chi connectivity index (χ4v) is 2.16. The van der Waals surface area contributed by atoms with Crippen molar-refractivity contribution in [3.05, 3.63) is 65.4 Å². The van der Waals surface area contributed by atoms with Crippen molar-refractivity contribution >= 4 is 5.97 Å². The van der Waals surface area contributed by atoms with Crippen LogP contribution in [-0.2, 0) is 4.79 Å². The number of halogens is 3. The van der Waals surface area contributed by atoms with Crippen LogP contribution in [0.4, 0.5) is 13.2 Å². The van der Waals surface area contributed by atoms with Crippen molar-refractivity contribution in [3.63, 3.8) is 0 Å². The lowest BCUT2D eigenvalue weighted by molar-refractivity contribution is -0.344. The second-order valence-corrected chi connectivity index (χ2v) is 4.39.